The van der Waals surface area contributed by atoms with Gasteiger partial charge in [0.2, 0.25) is 0 Å². The zero-order chi connectivity index (χ0) is 10.5. The third-order valence-corrected chi connectivity index (χ3v) is 3.99. The molecular weight excluding hydrogens is 186 g/mol. The van der Waals surface area contributed by atoms with E-state index in [0.29, 0.717) is 11.5 Å². The third-order valence-electron chi connectivity index (χ3n) is 3.99. The summed E-state index contributed by atoms with van der Waals surface area (Å²) in [6.45, 7) is 0. The topological polar surface area (TPSA) is 35.2 Å². The average molecular weight is 203 g/mol. The maximum absolute atomic E-state index is 6.11. The molecule has 2 heteroatoms. The molecule has 0 saturated heterocycles. The number of hydrogen-bond acceptors (Lipinski definition) is 2. The van der Waals surface area contributed by atoms with Crippen LogP contribution in [0.1, 0.15) is 24.8 Å². The van der Waals surface area contributed by atoms with E-state index in [1.54, 1.807) is 7.11 Å². The lowest BCUT2D eigenvalue weighted by Gasteiger charge is -2.16. The van der Waals surface area contributed by atoms with Crippen LogP contribution in [0.5, 0.6) is 5.75 Å². The summed E-state index contributed by atoms with van der Waals surface area (Å²) in [7, 11) is 1.70. The SMILES string of the molecule is COc1ccc(C2(C3CC3)C[C@H]2N)cc1. The Bertz CT molecular complexity index is 369. The minimum atomic E-state index is 0.326. The van der Waals surface area contributed by atoms with Crippen molar-refractivity contribution in [2.45, 2.75) is 30.7 Å². The Morgan fingerprint density at radius 1 is 1.27 bits per heavy atom. The van der Waals surface area contributed by atoms with Gasteiger partial charge in [0.05, 0.1) is 7.11 Å². The van der Waals surface area contributed by atoms with Crippen molar-refractivity contribution in [1.29, 1.82) is 0 Å². The summed E-state index contributed by atoms with van der Waals surface area (Å²) in [6.07, 6.45) is 3.89. The van der Waals surface area contributed by atoms with Crippen molar-refractivity contribution in [3.05, 3.63) is 29.8 Å². The average Bonchev–Trinajstić information content (AvgIpc) is 3.13. The second-order valence-electron chi connectivity index (χ2n) is 4.85. The van der Waals surface area contributed by atoms with Crippen LogP contribution in [-0.2, 0) is 5.41 Å². The first-order valence-corrected chi connectivity index (χ1v) is 5.67. The molecule has 1 unspecified atom stereocenters. The van der Waals surface area contributed by atoms with E-state index in [-0.39, 0.29) is 0 Å². The zero-order valence-corrected chi connectivity index (χ0v) is 9.07. The van der Waals surface area contributed by atoms with Gasteiger partial charge in [0, 0.05) is 11.5 Å². The first kappa shape index (κ1) is 9.22. The van der Waals surface area contributed by atoms with Crippen molar-refractivity contribution >= 4 is 0 Å². The summed E-state index contributed by atoms with van der Waals surface area (Å²) in [6, 6.07) is 8.85. The predicted octanol–water partition coefficient (Wildman–Crippen LogP) is 2.07. The van der Waals surface area contributed by atoms with Crippen molar-refractivity contribution in [2.75, 3.05) is 7.11 Å². The van der Waals surface area contributed by atoms with Gasteiger partial charge in [-0.05, 0) is 42.9 Å². The summed E-state index contributed by atoms with van der Waals surface area (Å²) in [5, 5.41) is 0. The molecule has 0 radical (unpaired) electrons. The van der Waals surface area contributed by atoms with Gasteiger partial charge in [-0.2, -0.15) is 0 Å². The first-order valence-electron chi connectivity index (χ1n) is 5.67. The number of ether oxygens (including phenoxy) is 1. The lowest BCUT2D eigenvalue weighted by Crippen LogP contribution is -2.20. The number of nitrogens with two attached hydrogens (primary N) is 1. The Morgan fingerprint density at radius 3 is 2.27 bits per heavy atom. The second kappa shape index (κ2) is 2.99. The molecule has 0 aliphatic heterocycles. The lowest BCUT2D eigenvalue weighted by atomic mass is 9.90. The molecule has 0 spiro atoms. The Hall–Kier alpha value is -1.02. The van der Waals surface area contributed by atoms with E-state index in [9.17, 15) is 0 Å². The van der Waals surface area contributed by atoms with Crippen LogP contribution in [0.2, 0.25) is 0 Å². The van der Waals surface area contributed by atoms with Crippen molar-refractivity contribution in [3.63, 3.8) is 0 Å². The summed E-state index contributed by atoms with van der Waals surface area (Å²) in [4.78, 5) is 0. The summed E-state index contributed by atoms with van der Waals surface area (Å²) in [5.41, 5.74) is 7.85. The minimum Gasteiger partial charge on any atom is -0.497 e. The highest BCUT2D eigenvalue weighted by atomic mass is 16.5. The molecule has 2 nitrogen and oxygen atoms in total. The summed E-state index contributed by atoms with van der Waals surface area (Å²) >= 11 is 0. The molecule has 3 rings (SSSR count). The smallest absolute Gasteiger partial charge is 0.118 e. The molecule has 1 aromatic rings. The van der Waals surface area contributed by atoms with E-state index in [0.717, 1.165) is 11.7 Å². The third kappa shape index (κ3) is 1.28. The normalized spacial score (nSPS) is 33.9. The second-order valence-corrected chi connectivity index (χ2v) is 4.85. The minimum absolute atomic E-state index is 0.326. The van der Waals surface area contributed by atoms with Crippen molar-refractivity contribution in [1.82, 2.24) is 0 Å². The molecule has 2 atom stereocenters. The number of benzene rings is 1. The first-order chi connectivity index (χ1) is 7.27. The van der Waals surface area contributed by atoms with Gasteiger partial charge >= 0.3 is 0 Å². The lowest BCUT2D eigenvalue weighted by molar-refractivity contribution is 0.414. The van der Waals surface area contributed by atoms with Gasteiger partial charge < -0.3 is 10.5 Å². The predicted molar refractivity (Wildman–Crippen MR) is 60.0 cm³/mol. The van der Waals surface area contributed by atoms with Gasteiger partial charge in [0.25, 0.3) is 0 Å². The van der Waals surface area contributed by atoms with Crippen molar-refractivity contribution in [3.8, 4) is 5.75 Å². The molecule has 2 aliphatic rings. The van der Waals surface area contributed by atoms with Crippen LogP contribution in [0.4, 0.5) is 0 Å². The van der Waals surface area contributed by atoms with Crippen molar-refractivity contribution < 1.29 is 4.74 Å². The van der Waals surface area contributed by atoms with Gasteiger partial charge in [0.1, 0.15) is 5.75 Å². The largest absolute Gasteiger partial charge is 0.497 e. The van der Waals surface area contributed by atoms with E-state index in [4.69, 9.17) is 10.5 Å². The Balaban J connectivity index is 1.91. The molecule has 0 heterocycles. The summed E-state index contributed by atoms with van der Waals surface area (Å²) < 4.78 is 5.17. The van der Waals surface area contributed by atoms with E-state index >= 15 is 0 Å². The molecule has 15 heavy (non-hydrogen) atoms. The van der Waals surface area contributed by atoms with Crippen LogP contribution in [0, 0.1) is 5.92 Å². The standard InChI is InChI=1S/C13H17NO/c1-15-11-6-4-10(5-7-11)13(8-12(13)14)9-2-3-9/h4-7,9,12H,2-3,8,14H2,1H3/t12-,13?/m1/s1. The summed E-state index contributed by atoms with van der Waals surface area (Å²) in [5.74, 6) is 1.78. The molecular formula is C13H17NO. The molecule has 2 N–H and O–H groups in total. The van der Waals surface area contributed by atoms with E-state index in [1.165, 1.54) is 24.8 Å². The van der Waals surface area contributed by atoms with E-state index in [1.807, 2.05) is 12.1 Å². The fourth-order valence-electron chi connectivity index (χ4n) is 2.84. The van der Waals surface area contributed by atoms with Crippen molar-refractivity contribution in [2.24, 2.45) is 11.7 Å². The highest BCUT2D eigenvalue weighted by Gasteiger charge is 2.61. The van der Waals surface area contributed by atoms with E-state index < -0.39 is 0 Å². The van der Waals surface area contributed by atoms with E-state index in [2.05, 4.69) is 12.1 Å². The van der Waals surface area contributed by atoms with Gasteiger partial charge in [-0.25, -0.2) is 0 Å². The van der Waals surface area contributed by atoms with Gasteiger partial charge in [0.15, 0.2) is 0 Å². The maximum atomic E-state index is 6.11. The highest BCUT2D eigenvalue weighted by molar-refractivity contribution is 5.41. The Kier molecular flexibility index (Phi) is 1.84. The van der Waals surface area contributed by atoms with Gasteiger partial charge in [-0.1, -0.05) is 12.1 Å². The number of hydrogen-bond donors (Lipinski definition) is 1. The molecule has 80 valence electrons. The number of methoxy groups -OCH3 is 1. The highest BCUT2D eigenvalue weighted by Crippen LogP contribution is 2.61. The number of rotatable bonds is 3. The van der Waals surface area contributed by atoms with Gasteiger partial charge in [-0.3, -0.25) is 0 Å². The van der Waals surface area contributed by atoms with Crippen LogP contribution in [-0.4, -0.2) is 13.2 Å². The molecule has 2 fully saturated rings. The van der Waals surface area contributed by atoms with Crippen LogP contribution in [0.3, 0.4) is 0 Å². The fraction of sp³-hybridized carbons (Fsp3) is 0.538. The fourth-order valence-corrected chi connectivity index (χ4v) is 2.84. The maximum Gasteiger partial charge on any atom is 0.118 e. The molecule has 2 aliphatic carbocycles. The Morgan fingerprint density at radius 2 is 1.87 bits per heavy atom. The molecule has 0 bridgehead atoms. The van der Waals surface area contributed by atoms with Crippen LogP contribution < -0.4 is 10.5 Å². The molecule has 0 amide bonds. The molecule has 0 aromatic heterocycles. The van der Waals surface area contributed by atoms with Crippen LogP contribution >= 0.6 is 0 Å². The Labute approximate surface area is 90.4 Å². The van der Waals surface area contributed by atoms with Gasteiger partial charge in [-0.15, -0.1) is 0 Å². The molecule has 2 saturated carbocycles. The monoisotopic (exact) mass is 203 g/mol. The quantitative estimate of drug-likeness (QED) is 0.816. The van der Waals surface area contributed by atoms with Crippen LogP contribution in [0.15, 0.2) is 24.3 Å². The zero-order valence-electron chi connectivity index (χ0n) is 9.07. The van der Waals surface area contributed by atoms with Crippen LogP contribution in [0.25, 0.3) is 0 Å². The molecule has 1 aromatic carbocycles.